The number of hydrogen-bond donors (Lipinski definition) is 0. The Labute approximate surface area is 123 Å². The average Bonchev–Trinajstić information content (AvgIpc) is 2.58. The summed E-state index contributed by atoms with van der Waals surface area (Å²) in [7, 11) is 0.846. The Morgan fingerprint density at radius 3 is 1.68 bits per heavy atom. The molecular formula is C16H27P3. The zero-order valence-electron chi connectivity index (χ0n) is 12.4. The van der Waals surface area contributed by atoms with Gasteiger partial charge >= 0.3 is 0 Å². The highest BCUT2D eigenvalue weighted by atomic mass is 31.1. The monoisotopic (exact) mass is 312 g/mol. The van der Waals surface area contributed by atoms with Gasteiger partial charge in [0.1, 0.15) is 0 Å². The molecule has 0 spiro atoms. The molecule has 3 heteroatoms. The summed E-state index contributed by atoms with van der Waals surface area (Å²) in [4.78, 5) is 0. The summed E-state index contributed by atoms with van der Waals surface area (Å²) >= 11 is 0. The van der Waals surface area contributed by atoms with Crippen molar-refractivity contribution >= 4 is 29.1 Å². The van der Waals surface area contributed by atoms with Crippen molar-refractivity contribution in [1.29, 1.82) is 0 Å². The van der Waals surface area contributed by atoms with Gasteiger partial charge in [-0.25, -0.2) is 0 Å². The zero-order chi connectivity index (χ0) is 13.5. The molecule has 1 fully saturated rings. The van der Waals surface area contributed by atoms with Crippen molar-refractivity contribution in [2.45, 2.75) is 13.8 Å². The van der Waals surface area contributed by atoms with E-state index in [4.69, 9.17) is 0 Å². The van der Waals surface area contributed by atoms with E-state index >= 15 is 0 Å². The highest BCUT2D eigenvalue weighted by Crippen LogP contribution is 2.49. The molecule has 0 saturated carbocycles. The van der Waals surface area contributed by atoms with Crippen LogP contribution in [0.1, 0.15) is 13.8 Å². The molecule has 0 amide bonds. The van der Waals surface area contributed by atoms with Crippen molar-refractivity contribution in [3.8, 4) is 0 Å². The molecule has 1 aromatic carbocycles. The Balaban J connectivity index is 2.06. The zero-order valence-corrected chi connectivity index (χ0v) is 15.1. The third-order valence-corrected chi connectivity index (χ3v) is 12.9. The van der Waals surface area contributed by atoms with Crippen molar-refractivity contribution in [3.63, 3.8) is 0 Å². The molecule has 0 N–H and O–H groups in total. The average molecular weight is 312 g/mol. The highest BCUT2D eigenvalue weighted by molar-refractivity contribution is 7.69. The van der Waals surface area contributed by atoms with E-state index in [-0.39, 0.29) is 7.92 Å². The van der Waals surface area contributed by atoms with Crippen molar-refractivity contribution < 1.29 is 0 Å². The second-order valence-electron chi connectivity index (χ2n) is 5.19. The van der Waals surface area contributed by atoms with Crippen LogP contribution in [0, 0.1) is 0 Å². The highest BCUT2D eigenvalue weighted by Gasteiger charge is 2.19. The van der Waals surface area contributed by atoms with E-state index in [1.165, 1.54) is 24.6 Å². The molecule has 106 valence electrons. The molecule has 1 aromatic rings. The Kier molecular flexibility index (Phi) is 7.29. The molecule has 0 radical (unpaired) electrons. The first-order valence-electron chi connectivity index (χ1n) is 7.58. The van der Waals surface area contributed by atoms with Gasteiger partial charge < -0.3 is 0 Å². The van der Waals surface area contributed by atoms with Crippen LogP contribution in [0.3, 0.4) is 0 Å². The summed E-state index contributed by atoms with van der Waals surface area (Å²) in [5.74, 6) is 0. The first-order chi connectivity index (χ1) is 9.33. The standard InChI is InChI=1S/C16H27P3/c1-3-17-10-11-18(4-2)13-15-19(14-12-17)16-8-6-5-7-9-16/h5-9H,3-4,10-15H2,1-2H3. The lowest BCUT2D eigenvalue weighted by molar-refractivity contribution is 1.34. The van der Waals surface area contributed by atoms with E-state index in [9.17, 15) is 0 Å². The van der Waals surface area contributed by atoms with Crippen LogP contribution < -0.4 is 5.30 Å². The van der Waals surface area contributed by atoms with Crippen LogP contribution in [-0.4, -0.2) is 49.3 Å². The summed E-state index contributed by atoms with van der Waals surface area (Å²) in [6, 6.07) is 11.4. The summed E-state index contributed by atoms with van der Waals surface area (Å²) < 4.78 is 0. The molecular weight excluding hydrogens is 285 g/mol. The van der Waals surface area contributed by atoms with Crippen molar-refractivity contribution in [2.24, 2.45) is 0 Å². The number of rotatable bonds is 3. The molecule has 2 unspecified atom stereocenters. The predicted octanol–water partition coefficient (Wildman–Crippen LogP) is 4.81. The van der Waals surface area contributed by atoms with Crippen LogP contribution in [-0.2, 0) is 0 Å². The lowest BCUT2D eigenvalue weighted by atomic mass is 10.4. The van der Waals surface area contributed by atoms with Gasteiger partial charge in [0.15, 0.2) is 0 Å². The fourth-order valence-corrected chi connectivity index (χ4v) is 12.2. The Morgan fingerprint density at radius 1 is 0.737 bits per heavy atom. The maximum atomic E-state index is 2.42. The maximum absolute atomic E-state index is 2.42. The van der Waals surface area contributed by atoms with Crippen molar-refractivity contribution in [3.05, 3.63) is 30.3 Å². The lowest BCUT2D eigenvalue weighted by Gasteiger charge is -2.20. The van der Waals surface area contributed by atoms with Crippen molar-refractivity contribution in [2.75, 3.05) is 49.3 Å². The second kappa shape index (κ2) is 8.72. The summed E-state index contributed by atoms with van der Waals surface area (Å²) in [6.45, 7) is 4.84. The smallest absolute Gasteiger partial charge is 0.0240 e. The summed E-state index contributed by atoms with van der Waals surface area (Å²) in [6.07, 6.45) is 12.2. The number of benzene rings is 1. The van der Waals surface area contributed by atoms with E-state index in [1.54, 1.807) is 30.0 Å². The normalized spacial score (nSPS) is 29.3. The molecule has 2 atom stereocenters. The second-order valence-corrected chi connectivity index (χ2v) is 13.4. The third kappa shape index (κ3) is 5.08. The Hall–Kier alpha value is 0.510. The molecule has 1 aliphatic rings. The van der Waals surface area contributed by atoms with E-state index in [0.29, 0.717) is 15.8 Å². The van der Waals surface area contributed by atoms with Gasteiger partial charge in [-0.3, -0.25) is 0 Å². The topological polar surface area (TPSA) is 0 Å². The first-order valence-corrected chi connectivity index (χ1v) is 13.1. The third-order valence-electron chi connectivity index (χ3n) is 4.12. The van der Waals surface area contributed by atoms with Crippen molar-refractivity contribution in [1.82, 2.24) is 0 Å². The van der Waals surface area contributed by atoms with Gasteiger partial charge in [-0.05, 0) is 54.6 Å². The van der Waals surface area contributed by atoms with Crippen LogP contribution in [0.25, 0.3) is 0 Å². The fraction of sp³-hybridized carbons (Fsp3) is 0.625. The van der Waals surface area contributed by atoms with Crippen LogP contribution >= 0.6 is 23.8 Å². The SMILES string of the molecule is CCP1CCP(CC)CCP(c2ccccc2)CC1. The van der Waals surface area contributed by atoms with Gasteiger partial charge in [-0.15, -0.1) is 15.8 Å². The van der Waals surface area contributed by atoms with Crippen LogP contribution in [0.2, 0.25) is 0 Å². The molecule has 0 bridgehead atoms. The first kappa shape index (κ1) is 15.9. The minimum Gasteiger partial charge on any atom is -0.106 e. The Morgan fingerprint density at radius 2 is 1.21 bits per heavy atom. The van der Waals surface area contributed by atoms with Gasteiger partial charge in [0.2, 0.25) is 0 Å². The minimum absolute atomic E-state index is 0.140. The van der Waals surface area contributed by atoms with Crippen LogP contribution in [0.5, 0.6) is 0 Å². The predicted molar refractivity (Wildman–Crippen MR) is 97.1 cm³/mol. The van der Waals surface area contributed by atoms with Gasteiger partial charge in [-0.1, -0.05) is 52.1 Å². The fourth-order valence-electron chi connectivity index (χ4n) is 2.67. The maximum Gasteiger partial charge on any atom is -0.0240 e. The largest absolute Gasteiger partial charge is 0.106 e. The van der Waals surface area contributed by atoms with E-state index < -0.39 is 0 Å². The molecule has 0 aromatic heterocycles. The molecule has 0 nitrogen and oxygen atoms in total. The van der Waals surface area contributed by atoms with Gasteiger partial charge in [-0.2, -0.15) is 0 Å². The number of hydrogen-bond acceptors (Lipinski definition) is 0. The summed E-state index contributed by atoms with van der Waals surface area (Å²) in [5.41, 5.74) is 0. The van der Waals surface area contributed by atoms with E-state index in [0.717, 1.165) is 0 Å². The molecule has 0 aliphatic carbocycles. The van der Waals surface area contributed by atoms with Crippen LogP contribution in [0.4, 0.5) is 0 Å². The van der Waals surface area contributed by atoms with Gasteiger partial charge in [0.25, 0.3) is 0 Å². The summed E-state index contributed by atoms with van der Waals surface area (Å²) in [5, 5.41) is 1.66. The molecule has 1 aliphatic heterocycles. The van der Waals surface area contributed by atoms with Gasteiger partial charge in [0, 0.05) is 0 Å². The van der Waals surface area contributed by atoms with E-state index in [1.807, 2.05) is 0 Å². The van der Waals surface area contributed by atoms with Crippen LogP contribution in [0.15, 0.2) is 30.3 Å². The molecule has 1 heterocycles. The molecule has 19 heavy (non-hydrogen) atoms. The minimum atomic E-state index is 0.140. The quantitative estimate of drug-likeness (QED) is 0.703. The molecule has 2 rings (SSSR count). The molecule has 1 saturated heterocycles. The van der Waals surface area contributed by atoms with E-state index in [2.05, 4.69) is 44.2 Å². The Bertz CT molecular complexity index is 336. The lowest BCUT2D eigenvalue weighted by Crippen LogP contribution is -2.09. The van der Waals surface area contributed by atoms with Gasteiger partial charge in [0.05, 0.1) is 0 Å².